The first-order chi connectivity index (χ1) is 19.8. The highest BCUT2D eigenvalue weighted by molar-refractivity contribution is 5.84. The third-order valence-corrected chi connectivity index (χ3v) is 5.73. The molecule has 0 bridgehead atoms. The summed E-state index contributed by atoms with van der Waals surface area (Å²) in [7, 11) is 0. The molecule has 3 heterocycles. The van der Waals surface area contributed by atoms with Gasteiger partial charge in [0.15, 0.2) is 0 Å². The van der Waals surface area contributed by atoms with Crippen molar-refractivity contribution < 1.29 is 15.3 Å². The van der Waals surface area contributed by atoms with E-state index in [1.807, 2.05) is 115 Å². The molecule has 5 aromatic rings. The molecular weight excluding hydrogens is 510 g/mol. The van der Waals surface area contributed by atoms with Crippen molar-refractivity contribution in [2.24, 2.45) is 0 Å². The Bertz CT molecular complexity index is 1640. The largest absolute Gasteiger partial charge is 0.506 e. The van der Waals surface area contributed by atoms with Crippen LogP contribution in [0.5, 0.6) is 11.5 Å². The molecule has 0 unspecified atom stereocenters. The maximum atomic E-state index is 9.61. The summed E-state index contributed by atoms with van der Waals surface area (Å²) >= 11 is 0. The Hall–Kier alpha value is -4.71. The van der Waals surface area contributed by atoms with E-state index in [2.05, 4.69) is 21.0 Å². The number of pyridine rings is 3. The molecule has 41 heavy (non-hydrogen) atoms. The van der Waals surface area contributed by atoms with E-state index in [4.69, 9.17) is 0 Å². The van der Waals surface area contributed by atoms with Crippen molar-refractivity contribution in [1.29, 1.82) is 0 Å². The molecule has 0 saturated heterocycles. The van der Waals surface area contributed by atoms with Crippen LogP contribution in [0, 0.1) is 20.8 Å². The minimum atomic E-state index is 0.246. The second kappa shape index (κ2) is 16.4. The van der Waals surface area contributed by atoms with Crippen LogP contribution >= 0.6 is 0 Å². The summed E-state index contributed by atoms with van der Waals surface area (Å²) in [6.45, 7) is 13.7. The van der Waals surface area contributed by atoms with Crippen LogP contribution in [0.1, 0.15) is 51.2 Å². The summed E-state index contributed by atoms with van der Waals surface area (Å²) in [4.78, 5) is 12.7. The first kappa shape index (κ1) is 32.5. The fourth-order valence-electron chi connectivity index (χ4n) is 3.85. The molecule has 0 amide bonds. The predicted octanol–water partition coefficient (Wildman–Crippen LogP) is 7.35. The van der Waals surface area contributed by atoms with Gasteiger partial charge in [0.05, 0.1) is 0 Å². The van der Waals surface area contributed by atoms with Crippen LogP contribution in [0.15, 0.2) is 84.9 Å². The molecule has 3 N–H and O–H groups in total. The van der Waals surface area contributed by atoms with Gasteiger partial charge in [0.2, 0.25) is 0 Å². The zero-order chi connectivity index (χ0) is 30.4. The van der Waals surface area contributed by atoms with Crippen LogP contribution in [0.2, 0.25) is 0 Å². The van der Waals surface area contributed by atoms with E-state index in [1.165, 1.54) is 0 Å². The second-order valence-electron chi connectivity index (χ2n) is 8.72. The number of hydrogen-bond donors (Lipinski definition) is 3. The maximum Gasteiger partial charge on any atom is 0.141 e. The van der Waals surface area contributed by atoms with Crippen LogP contribution < -0.4 is 10.6 Å². The molecule has 2 aromatic carbocycles. The van der Waals surface area contributed by atoms with E-state index in [9.17, 15) is 15.3 Å². The van der Waals surface area contributed by atoms with Crippen LogP contribution in [-0.4, -0.2) is 30.3 Å². The van der Waals surface area contributed by atoms with E-state index in [-0.39, 0.29) is 17.3 Å². The molecule has 214 valence electrons. The summed E-state index contributed by atoms with van der Waals surface area (Å²) in [5.74, 6) is 0.750. The number of phenols is 2. The van der Waals surface area contributed by atoms with Gasteiger partial charge in [0.1, 0.15) is 33.6 Å². The SMILES string of the molecule is CC.CC.Cc1ccc2c(n1)=C(O)C=CCC=2.Cc1ccc2cccc(O)c2n1.Cc1ccc2cccc(O)c2n1. The summed E-state index contributed by atoms with van der Waals surface area (Å²) in [6.07, 6.45) is 6.53. The van der Waals surface area contributed by atoms with Crippen LogP contribution in [0.3, 0.4) is 0 Å². The number of aryl methyl sites for hydroxylation is 3. The number of aromatic hydroxyl groups is 2. The normalized spacial score (nSPS) is 11.0. The number of aliphatic hydroxyl groups excluding tert-OH is 1. The minimum Gasteiger partial charge on any atom is -0.506 e. The van der Waals surface area contributed by atoms with Crippen molar-refractivity contribution >= 4 is 33.6 Å². The predicted molar refractivity (Wildman–Crippen MR) is 171 cm³/mol. The molecular formula is C35H41N3O3. The second-order valence-corrected chi connectivity index (χ2v) is 8.72. The van der Waals surface area contributed by atoms with E-state index < -0.39 is 0 Å². The van der Waals surface area contributed by atoms with Gasteiger partial charge in [-0.05, 0) is 63.6 Å². The number of nitrogens with zero attached hydrogens (tertiary/aromatic N) is 3. The highest BCUT2D eigenvalue weighted by atomic mass is 16.3. The summed E-state index contributed by atoms with van der Waals surface area (Å²) in [5.41, 5.74) is 4.12. The van der Waals surface area contributed by atoms with Gasteiger partial charge in [0.25, 0.3) is 0 Å². The number of aliphatic hydroxyl groups is 1. The zero-order valence-corrected chi connectivity index (χ0v) is 25.1. The van der Waals surface area contributed by atoms with Gasteiger partial charge < -0.3 is 15.3 Å². The van der Waals surface area contributed by atoms with Crippen LogP contribution in [-0.2, 0) is 0 Å². The number of rotatable bonds is 0. The first-order valence-electron chi connectivity index (χ1n) is 14.0. The van der Waals surface area contributed by atoms with Gasteiger partial charge in [-0.25, -0.2) is 15.0 Å². The van der Waals surface area contributed by atoms with Crippen LogP contribution in [0.25, 0.3) is 33.6 Å². The highest BCUT2D eigenvalue weighted by Gasteiger charge is 2.00. The van der Waals surface area contributed by atoms with Gasteiger partial charge in [-0.3, -0.25) is 0 Å². The Morgan fingerprint density at radius 2 is 1.02 bits per heavy atom. The maximum absolute atomic E-state index is 9.61. The van der Waals surface area contributed by atoms with Crippen molar-refractivity contribution in [3.63, 3.8) is 0 Å². The quantitative estimate of drug-likeness (QED) is 0.186. The molecule has 1 aliphatic rings. The van der Waals surface area contributed by atoms with Gasteiger partial charge in [0, 0.05) is 33.1 Å². The number of phenolic OH excluding ortho intramolecular Hbond substituents is 2. The van der Waals surface area contributed by atoms with Crippen molar-refractivity contribution in [3.8, 4) is 11.5 Å². The summed E-state index contributed by atoms with van der Waals surface area (Å²) in [5, 5.41) is 32.1. The van der Waals surface area contributed by atoms with Crippen molar-refractivity contribution in [2.75, 3.05) is 0 Å². The number of benzene rings is 2. The number of para-hydroxylation sites is 2. The fraction of sp³-hybridized carbons (Fsp3) is 0.229. The Balaban J connectivity index is 0.000000203. The van der Waals surface area contributed by atoms with Gasteiger partial charge >= 0.3 is 0 Å². The lowest BCUT2D eigenvalue weighted by Crippen LogP contribution is -2.30. The molecule has 0 saturated carbocycles. The monoisotopic (exact) mass is 551 g/mol. The van der Waals surface area contributed by atoms with E-state index in [1.54, 1.807) is 18.2 Å². The molecule has 0 radical (unpaired) electrons. The zero-order valence-electron chi connectivity index (χ0n) is 25.1. The number of allylic oxidation sites excluding steroid dienone is 1. The van der Waals surface area contributed by atoms with E-state index in [0.717, 1.165) is 39.5 Å². The topological polar surface area (TPSA) is 99.4 Å². The molecule has 0 atom stereocenters. The molecule has 1 aliphatic carbocycles. The summed E-state index contributed by atoms with van der Waals surface area (Å²) in [6, 6.07) is 22.5. The average Bonchev–Trinajstić information content (AvgIpc) is 3.17. The Kier molecular flexibility index (Phi) is 13.0. The molecule has 0 aliphatic heterocycles. The molecule has 3 aromatic heterocycles. The number of hydrogen-bond acceptors (Lipinski definition) is 6. The third-order valence-electron chi connectivity index (χ3n) is 5.73. The Morgan fingerprint density at radius 3 is 1.54 bits per heavy atom. The first-order valence-corrected chi connectivity index (χ1v) is 14.0. The molecule has 6 nitrogen and oxygen atoms in total. The molecule has 6 rings (SSSR count). The third kappa shape index (κ3) is 9.17. The van der Waals surface area contributed by atoms with E-state index in [0.29, 0.717) is 16.4 Å². The summed E-state index contributed by atoms with van der Waals surface area (Å²) < 4.78 is 0. The molecule has 0 spiro atoms. The average molecular weight is 552 g/mol. The molecule has 6 heteroatoms. The minimum absolute atomic E-state index is 0.246. The van der Waals surface area contributed by atoms with Crippen molar-refractivity contribution in [3.05, 3.63) is 113 Å². The van der Waals surface area contributed by atoms with Crippen molar-refractivity contribution in [2.45, 2.75) is 54.9 Å². The Morgan fingerprint density at radius 1 is 0.561 bits per heavy atom. The number of fused-ring (bicyclic) bond motifs is 3. The molecule has 0 fully saturated rings. The smallest absolute Gasteiger partial charge is 0.141 e. The van der Waals surface area contributed by atoms with Crippen LogP contribution in [0.4, 0.5) is 0 Å². The van der Waals surface area contributed by atoms with Gasteiger partial charge in [-0.1, -0.05) is 82.3 Å². The standard InChI is InChI=1S/C11H11NO.2C10H9NO.2C2H6/c1-8-6-7-9-4-2-3-5-10(13)11(9)12-8;2*1-7-5-6-8-3-2-4-9(12)10(8)11-7;2*1-2/h3-7,13H,2H2,1H3;2*2-6,12H,1H3;2*1-2H3. The van der Waals surface area contributed by atoms with Gasteiger partial charge in [-0.15, -0.1) is 0 Å². The number of aromatic nitrogens is 3. The van der Waals surface area contributed by atoms with E-state index >= 15 is 0 Å². The van der Waals surface area contributed by atoms with Crippen molar-refractivity contribution in [1.82, 2.24) is 15.0 Å². The lowest BCUT2D eigenvalue weighted by Gasteiger charge is -1.99. The lowest BCUT2D eigenvalue weighted by molar-refractivity contribution is 0.480. The highest BCUT2D eigenvalue weighted by Crippen LogP contribution is 2.22. The fourth-order valence-corrected chi connectivity index (χ4v) is 3.85. The van der Waals surface area contributed by atoms with Gasteiger partial charge in [-0.2, -0.15) is 0 Å². The Labute approximate surface area is 242 Å². The lowest BCUT2D eigenvalue weighted by atomic mass is 10.2.